The van der Waals surface area contributed by atoms with Gasteiger partial charge in [0.05, 0.1) is 0 Å². The number of nitrogens with zero attached hydrogens (tertiary/aromatic N) is 1. The summed E-state index contributed by atoms with van der Waals surface area (Å²) in [6.45, 7) is 0.530. The lowest BCUT2D eigenvalue weighted by molar-refractivity contribution is 1.00. The normalized spacial score (nSPS) is 11.4. The van der Waals surface area contributed by atoms with Crippen LogP contribution in [0.25, 0.3) is 11.1 Å². The lowest BCUT2D eigenvalue weighted by Crippen LogP contribution is -2.32. The van der Waals surface area contributed by atoms with E-state index in [1.54, 1.807) is 0 Å². The Bertz CT molecular complexity index is 575. The summed E-state index contributed by atoms with van der Waals surface area (Å²) in [6.07, 6.45) is 0. The smallest absolute Gasteiger partial charge is 0.167 e. The first kappa shape index (κ1) is 13.1. The summed E-state index contributed by atoms with van der Waals surface area (Å²) < 4.78 is 0. The van der Waals surface area contributed by atoms with Crippen molar-refractivity contribution in [3.05, 3.63) is 59.7 Å². The summed E-state index contributed by atoms with van der Waals surface area (Å²) in [4.78, 5) is 0. The molecule has 0 unspecified atom stereocenters. The van der Waals surface area contributed by atoms with E-state index in [9.17, 15) is 0 Å². The third kappa shape index (κ3) is 2.73. The zero-order valence-electron chi connectivity index (χ0n) is 10.5. The summed E-state index contributed by atoms with van der Waals surface area (Å²) in [7, 11) is 0. The maximum Gasteiger partial charge on any atom is 0.167 e. The lowest BCUT2D eigenvalue weighted by Gasteiger charge is -2.11. The number of nitrogens with two attached hydrogens (primary N) is 3. The molecule has 0 saturated carbocycles. The van der Waals surface area contributed by atoms with Crippen LogP contribution in [0.2, 0.25) is 0 Å². The van der Waals surface area contributed by atoms with Crippen LogP contribution in [-0.2, 0) is 6.54 Å². The Labute approximate surface area is 112 Å². The maximum absolute atomic E-state index is 5.60. The summed E-state index contributed by atoms with van der Waals surface area (Å²) in [5.74, 6) is 11.2. The molecule has 19 heavy (non-hydrogen) atoms. The van der Waals surface area contributed by atoms with Crippen LogP contribution in [-0.4, -0.2) is 5.84 Å². The number of hydrazone groups is 1. The third-order valence-corrected chi connectivity index (χ3v) is 2.95. The van der Waals surface area contributed by atoms with Gasteiger partial charge in [0.25, 0.3) is 0 Å². The summed E-state index contributed by atoms with van der Waals surface area (Å²) >= 11 is 0. The number of rotatable bonds is 3. The monoisotopic (exact) mass is 255 g/mol. The van der Waals surface area contributed by atoms with Crippen molar-refractivity contribution in [3.8, 4) is 11.1 Å². The summed E-state index contributed by atoms with van der Waals surface area (Å²) in [6, 6.07) is 15.8. The number of hydrogen-bond donors (Lipinski definition) is 4. The van der Waals surface area contributed by atoms with Crippen molar-refractivity contribution in [1.29, 1.82) is 0 Å². The fourth-order valence-corrected chi connectivity index (χ4v) is 1.95. The molecule has 0 heterocycles. The van der Waals surface area contributed by atoms with Crippen molar-refractivity contribution < 1.29 is 0 Å². The van der Waals surface area contributed by atoms with E-state index in [0.717, 1.165) is 22.3 Å². The van der Waals surface area contributed by atoms with E-state index in [0.29, 0.717) is 12.4 Å². The van der Waals surface area contributed by atoms with Crippen LogP contribution in [0.5, 0.6) is 0 Å². The minimum absolute atomic E-state index is 0.443. The van der Waals surface area contributed by atoms with Crippen molar-refractivity contribution in [2.24, 2.45) is 22.5 Å². The molecule has 0 fully saturated rings. The largest absolute Gasteiger partial charge is 0.326 e. The van der Waals surface area contributed by atoms with Crippen molar-refractivity contribution in [1.82, 2.24) is 5.43 Å². The van der Waals surface area contributed by atoms with E-state index >= 15 is 0 Å². The highest BCUT2D eigenvalue weighted by molar-refractivity contribution is 6.04. The number of hydrogen-bond acceptors (Lipinski definition) is 4. The first-order valence-electron chi connectivity index (χ1n) is 5.93. The summed E-state index contributed by atoms with van der Waals surface area (Å²) in [5.41, 5.74) is 12.1. The molecule has 0 saturated heterocycles. The minimum atomic E-state index is 0.443. The van der Waals surface area contributed by atoms with Crippen molar-refractivity contribution in [2.75, 3.05) is 0 Å². The molecule has 5 heteroatoms. The molecule has 0 aliphatic heterocycles. The predicted molar refractivity (Wildman–Crippen MR) is 77.8 cm³/mol. The topological polar surface area (TPSA) is 102 Å². The number of hydrazine groups is 1. The van der Waals surface area contributed by atoms with Crippen LogP contribution in [0, 0.1) is 0 Å². The van der Waals surface area contributed by atoms with Gasteiger partial charge in [0.1, 0.15) is 0 Å². The number of amidine groups is 1. The molecule has 0 amide bonds. The Morgan fingerprint density at radius 3 is 2.32 bits per heavy atom. The molecule has 0 spiro atoms. The Morgan fingerprint density at radius 2 is 1.74 bits per heavy atom. The van der Waals surface area contributed by atoms with Crippen LogP contribution < -0.4 is 22.8 Å². The van der Waals surface area contributed by atoms with Crippen LogP contribution in [0.3, 0.4) is 0 Å². The van der Waals surface area contributed by atoms with Gasteiger partial charge in [0, 0.05) is 12.1 Å². The third-order valence-electron chi connectivity index (χ3n) is 2.95. The average Bonchev–Trinajstić information content (AvgIpc) is 2.49. The molecular weight excluding hydrogens is 238 g/mol. The fourth-order valence-electron chi connectivity index (χ4n) is 1.95. The second-order valence-electron chi connectivity index (χ2n) is 4.07. The zero-order chi connectivity index (χ0) is 13.7. The molecule has 0 radical (unpaired) electrons. The summed E-state index contributed by atoms with van der Waals surface area (Å²) in [5, 5.41) is 3.66. The van der Waals surface area contributed by atoms with Gasteiger partial charge in [0.2, 0.25) is 0 Å². The van der Waals surface area contributed by atoms with Gasteiger partial charge in [-0.1, -0.05) is 48.5 Å². The highest BCUT2D eigenvalue weighted by atomic mass is 15.3. The minimum Gasteiger partial charge on any atom is -0.326 e. The molecule has 2 aromatic carbocycles. The van der Waals surface area contributed by atoms with Gasteiger partial charge in [-0.25, -0.2) is 5.84 Å². The van der Waals surface area contributed by atoms with Crippen LogP contribution in [0.1, 0.15) is 11.1 Å². The van der Waals surface area contributed by atoms with E-state index in [4.69, 9.17) is 17.4 Å². The quantitative estimate of drug-likeness (QED) is 0.283. The van der Waals surface area contributed by atoms with E-state index in [1.807, 2.05) is 48.5 Å². The van der Waals surface area contributed by atoms with Gasteiger partial charge >= 0.3 is 0 Å². The van der Waals surface area contributed by atoms with Gasteiger partial charge in [-0.15, -0.1) is 0 Å². The SMILES string of the molecule is NCc1ccc(-c2ccccc2/C(=N/N)NN)cc1. The van der Waals surface area contributed by atoms with Crippen molar-refractivity contribution in [3.63, 3.8) is 0 Å². The van der Waals surface area contributed by atoms with E-state index in [2.05, 4.69) is 10.5 Å². The van der Waals surface area contributed by atoms with Crippen LogP contribution in [0.15, 0.2) is 53.6 Å². The highest BCUT2D eigenvalue weighted by Crippen LogP contribution is 2.24. The van der Waals surface area contributed by atoms with E-state index < -0.39 is 0 Å². The van der Waals surface area contributed by atoms with E-state index in [-0.39, 0.29) is 0 Å². The van der Waals surface area contributed by atoms with Gasteiger partial charge in [-0.2, -0.15) is 5.10 Å². The molecule has 0 bridgehead atoms. The second kappa shape index (κ2) is 5.99. The standard InChI is InChI=1S/C14H17N5/c15-9-10-5-7-11(8-6-10)12-3-1-2-4-13(12)14(18-16)19-17/h1-8H,9,15-17H2,(H,18,19). The van der Waals surface area contributed by atoms with Crippen molar-refractivity contribution >= 4 is 5.84 Å². The molecular formula is C14H17N5. The van der Waals surface area contributed by atoms with Gasteiger partial charge in [0.15, 0.2) is 5.84 Å². The highest BCUT2D eigenvalue weighted by Gasteiger charge is 2.09. The first-order chi connectivity index (χ1) is 9.30. The predicted octanol–water partition coefficient (Wildman–Crippen LogP) is 0.896. The average molecular weight is 255 g/mol. The molecule has 0 aliphatic rings. The Balaban J connectivity index is 2.49. The Morgan fingerprint density at radius 1 is 1.05 bits per heavy atom. The lowest BCUT2D eigenvalue weighted by atomic mass is 9.98. The number of benzene rings is 2. The molecule has 7 N–H and O–H groups in total. The van der Waals surface area contributed by atoms with Crippen LogP contribution in [0.4, 0.5) is 0 Å². The molecule has 2 rings (SSSR count). The van der Waals surface area contributed by atoms with E-state index in [1.165, 1.54) is 0 Å². The molecule has 0 aromatic heterocycles. The van der Waals surface area contributed by atoms with Gasteiger partial charge in [-0.3, -0.25) is 0 Å². The second-order valence-corrected chi connectivity index (χ2v) is 4.07. The molecule has 0 atom stereocenters. The molecule has 5 nitrogen and oxygen atoms in total. The Hall–Kier alpha value is -2.37. The van der Waals surface area contributed by atoms with Gasteiger partial charge in [-0.05, 0) is 16.7 Å². The Kier molecular flexibility index (Phi) is 4.12. The van der Waals surface area contributed by atoms with Crippen molar-refractivity contribution in [2.45, 2.75) is 6.54 Å². The van der Waals surface area contributed by atoms with Crippen LogP contribution >= 0.6 is 0 Å². The fraction of sp³-hybridized carbons (Fsp3) is 0.0714. The first-order valence-corrected chi connectivity index (χ1v) is 5.93. The van der Waals surface area contributed by atoms with Gasteiger partial charge < -0.3 is 17.0 Å². The maximum atomic E-state index is 5.60. The molecule has 98 valence electrons. The zero-order valence-corrected chi connectivity index (χ0v) is 10.5. The number of nitrogens with one attached hydrogen (secondary N) is 1. The molecule has 2 aromatic rings. The molecule has 0 aliphatic carbocycles.